The number of carbonyl (C=O) groups excluding carboxylic acids is 2. The van der Waals surface area contributed by atoms with Gasteiger partial charge in [0.1, 0.15) is 17.4 Å². The van der Waals surface area contributed by atoms with Gasteiger partial charge in [-0.25, -0.2) is 4.98 Å². The molecule has 0 saturated heterocycles. The van der Waals surface area contributed by atoms with Crippen LogP contribution in [0.2, 0.25) is 0 Å². The van der Waals surface area contributed by atoms with Gasteiger partial charge in [-0.15, -0.1) is 11.3 Å². The fraction of sp³-hybridized carbons (Fsp3) is 0.577. The van der Waals surface area contributed by atoms with Crippen molar-refractivity contribution in [2.75, 3.05) is 39.2 Å². The SMILES string of the molecule is CO[C@@H]1CN(C)C(=O)c2ccc(NC(=O)C3CCC3)cc2OC[C@H](C)N(Cc2nccs2)C[C@H]1C. The first-order chi connectivity index (χ1) is 16.9. The molecule has 0 spiro atoms. The highest BCUT2D eigenvalue weighted by Gasteiger charge is 2.29. The highest BCUT2D eigenvalue weighted by Crippen LogP contribution is 2.30. The molecule has 0 unspecified atom stereocenters. The Bertz CT molecular complexity index is 1010. The van der Waals surface area contributed by atoms with Crippen molar-refractivity contribution < 1.29 is 19.1 Å². The zero-order valence-corrected chi connectivity index (χ0v) is 21.8. The van der Waals surface area contributed by atoms with Crippen molar-refractivity contribution in [3.05, 3.63) is 40.3 Å². The molecule has 2 heterocycles. The average molecular weight is 501 g/mol. The number of benzene rings is 1. The molecule has 4 rings (SSSR count). The molecule has 1 N–H and O–H groups in total. The molecule has 1 aliphatic carbocycles. The number of methoxy groups -OCH3 is 1. The first kappa shape index (κ1) is 25.6. The lowest BCUT2D eigenvalue weighted by molar-refractivity contribution is -0.122. The van der Waals surface area contributed by atoms with Crippen LogP contribution in [0.5, 0.6) is 5.75 Å². The standard InChI is InChI=1S/C26H36N4O4S/c1-17-13-30(15-24-27-10-11-35-24)18(2)16-34-22-12-20(28-25(31)19-6-5-7-19)8-9-21(22)26(32)29(3)14-23(17)33-4/h8-12,17-19,23H,5-7,13-16H2,1-4H3,(H,28,31)/t17-,18+,23-/m1/s1. The molecule has 2 aliphatic rings. The number of hydrogen-bond donors (Lipinski definition) is 1. The number of anilines is 1. The number of thiazole rings is 1. The van der Waals surface area contributed by atoms with E-state index in [-0.39, 0.29) is 35.8 Å². The molecule has 1 saturated carbocycles. The number of nitrogens with one attached hydrogen (secondary N) is 1. The monoisotopic (exact) mass is 500 g/mol. The Balaban J connectivity index is 1.61. The van der Waals surface area contributed by atoms with Gasteiger partial charge in [-0.3, -0.25) is 14.5 Å². The maximum absolute atomic E-state index is 13.4. The third-order valence-corrected chi connectivity index (χ3v) is 7.91. The molecule has 1 aromatic carbocycles. The molecule has 2 aromatic rings. The Labute approximate surface area is 211 Å². The number of hydrogen-bond acceptors (Lipinski definition) is 7. The predicted molar refractivity (Wildman–Crippen MR) is 137 cm³/mol. The van der Waals surface area contributed by atoms with Gasteiger partial charge in [0, 0.05) is 62.5 Å². The number of nitrogens with zero attached hydrogens (tertiary/aromatic N) is 3. The minimum absolute atomic E-state index is 0.0349. The van der Waals surface area contributed by atoms with Gasteiger partial charge in [0.2, 0.25) is 5.91 Å². The number of rotatable bonds is 5. The van der Waals surface area contributed by atoms with Crippen LogP contribution >= 0.6 is 11.3 Å². The third kappa shape index (κ3) is 6.20. The summed E-state index contributed by atoms with van der Waals surface area (Å²) in [4.78, 5) is 34.4. The van der Waals surface area contributed by atoms with Crippen molar-refractivity contribution in [2.45, 2.75) is 51.8 Å². The zero-order chi connectivity index (χ0) is 24.9. The molecule has 1 aliphatic heterocycles. The van der Waals surface area contributed by atoms with E-state index < -0.39 is 0 Å². The Morgan fingerprint density at radius 2 is 2.09 bits per heavy atom. The fourth-order valence-corrected chi connectivity index (χ4v) is 5.21. The summed E-state index contributed by atoms with van der Waals surface area (Å²) in [6, 6.07) is 5.38. The van der Waals surface area contributed by atoms with E-state index in [0.717, 1.165) is 37.4 Å². The highest BCUT2D eigenvalue weighted by molar-refractivity contribution is 7.09. The van der Waals surface area contributed by atoms with Crippen molar-refractivity contribution in [1.82, 2.24) is 14.8 Å². The lowest BCUT2D eigenvalue weighted by atomic mass is 9.85. The first-order valence-corrected chi connectivity index (χ1v) is 13.2. The summed E-state index contributed by atoms with van der Waals surface area (Å²) < 4.78 is 12.1. The summed E-state index contributed by atoms with van der Waals surface area (Å²) in [6.45, 7) is 6.67. The molecule has 3 atom stereocenters. The molecule has 0 radical (unpaired) electrons. The van der Waals surface area contributed by atoms with Crippen molar-refractivity contribution in [3.8, 4) is 5.75 Å². The van der Waals surface area contributed by atoms with Crippen LogP contribution in [0.4, 0.5) is 5.69 Å². The van der Waals surface area contributed by atoms with Crippen molar-refractivity contribution in [3.63, 3.8) is 0 Å². The Morgan fingerprint density at radius 1 is 1.29 bits per heavy atom. The molecule has 2 amide bonds. The maximum atomic E-state index is 13.4. The number of ether oxygens (including phenoxy) is 2. The van der Waals surface area contributed by atoms with E-state index >= 15 is 0 Å². The van der Waals surface area contributed by atoms with E-state index in [1.165, 1.54) is 0 Å². The quantitative estimate of drug-likeness (QED) is 0.671. The molecule has 190 valence electrons. The molecule has 35 heavy (non-hydrogen) atoms. The van der Waals surface area contributed by atoms with Crippen LogP contribution in [0, 0.1) is 11.8 Å². The largest absolute Gasteiger partial charge is 0.491 e. The zero-order valence-electron chi connectivity index (χ0n) is 21.0. The summed E-state index contributed by atoms with van der Waals surface area (Å²) in [7, 11) is 3.49. The number of aromatic nitrogens is 1. The van der Waals surface area contributed by atoms with E-state index in [2.05, 4.69) is 29.0 Å². The molecular weight excluding hydrogens is 464 g/mol. The van der Waals surface area contributed by atoms with Gasteiger partial charge < -0.3 is 19.7 Å². The van der Waals surface area contributed by atoms with E-state index in [9.17, 15) is 9.59 Å². The lowest BCUT2D eigenvalue weighted by Crippen LogP contribution is -2.46. The maximum Gasteiger partial charge on any atom is 0.257 e. The molecule has 1 aromatic heterocycles. The van der Waals surface area contributed by atoms with Crippen LogP contribution in [0.3, 0.4) is 0 Å². The average Bonchev–Trinajstić information content (AvgIpc) is 3.31. The van der Waals surface area contributed by atoms with Crippen LogP contribution in [-0.2, 0) is 16.1 Å². The second kappa shape index (κ2) is 11.5. The highest BCUT2D eigenvalue weighted by atomic mass is 32.1. The number of carbonyl (C=O) groups is 2. The van der Waals surface area contributed by atoms with E-state index in [4.69, 9.17) is 9.47 Å². The molecule has 9 heteroatoms. The molecular formula is C26H36N4O4S. The lowest BCUT2D eigenvalue weighted by Gasteiger charge is -2.35. The van der Waals surface area contributed by atoms with Crippen LogP contribution in [0.1, 0.15) is 48.5 Å². The minimum atomic E-state index is -0.126. The summed E-state index contributed by atoms with van der Waals surface area (Å²) in [5, 5.41) is 6.04. The summed E-state index contributed by atoms with van der Waals surface area (Å²) in [5.41, 5.74) is 1.13. The van der Waals surface area contributed by atoms with Crippen molar-refractivity contribution >= 4 is 28.8 Å². The normalized spacial score (nSPS) is 24.5. The van der Waals surface area contributed by atoms with Crippen LogP contribution < -0.4 is 10.1 Å². The second-order valence-electron chi connectivity index (χ2n) is 9.78. The van der Waals surface area contributed by atoms with Gasteiger partial charge >= 0.3 is 0 Å². The van der Waals surface area contributed by atoms with Gasteiger partial charge in [0.05, 0.1) is 18.2 Å². The van der Waals surface area contributed by atoms with Gasteiger partial charge in [0.15, 0.2) is 0 Å². The van der Waals surface area contributed by atoms with E-state index in [1.807, 2.05) is 11.6 Å². The van der Waals surface area contributed by atoms with Crippen molar-refractivity contribution in [1.29, 1.82) is 0 Å². The van der Waals surface area contributed by atoms with Gasteiger partial charge in [-0.2, -0.15) is 0 Å². The summed E-state index contributed by atoms with van der Waals surface area (Å²) in [6.07, 6.45) is 4.68. The van der Waals surface area contributed by atoms with Crippen molar-refractivity contribution in [2.24, 2.45) is 11.8 Å². The Kier molecular flexibility index (Phi) is 8.41. The van der Waals surface area contributed by atoms with E-state index in [1.54, 1.807) is 48.6 Å². The fourth-order valence-electron chi connectivity index (χ4n) is 4.56. The Morgan fingerprint density at radius 3 is 2.74 bits per heavy atom. The number of fused-ring (bicyclic) bond motifs is 1. The van der Waals surface area contributed by atoms with Gasteiger partial charge in [-0.1, -0.05) is 13.3 Å². The van der Waals surface area contributed by atoms with Gasteiger partial charge in [-0.05, 0) is 37.8 Å². The number of amides is 2. The Hall–Kier alpha value is -2.49. The van der Waals surface area contributed by atoms with Crippen LogP contribution in [0.15, 0.2) is 29.8 Å². The first-order valence-electron chi connectivity index (χ1n) is 12.3. The van der Waals surface area contributed by atoms with E-state index in [0.29, 0.717) is 30.2 Å². The smallest absolute Gasteiger partial charge is 0.257 e. The topological polar surface area (TPSA) is 84.0 Å². The van der Waals surface area contributed by atoms with Crippen LogP contribution in [0.25, 0.3) is 0 Å². The summed E-state index contributed by atoms with van der Waals surface area (Å²) >= 11 is 1.64. The second-order valence-corrected chi connectivity index (χ2v) is 10.8. The van der Waals surface area contributed by atoms with Crippen LogP contribution in [-0.4, -0.2) is 72.6 Å². The van der Waals surface area contributed by atoms with Gasteiger partial charge in [0.25, 0.3) is 5.91 Å². The molecule has 8 nitrogen and oxygen atoms in total. The molecule has 0 bridgehead atoms. The predicted octanol–water partition coefficient (Wildman–Crippen LogP) is 3.89. The number of likely N-dealkylation sites (N-methyl/N-ethyl adjacent to an activating group) is 1. The third-order valence-electron chi connectivity index (χ3n) is 7.14. The molecule has 1 fully saturated rings. The minimum Gasteiger partial charge on any atom is -0.491 e. The summed E-state index contributed by atoms with van der Waals surface area (Å²) in [5.74, 6) is 0.668.